The molecule has 0 fully saturated rings. The van der Waals surface area contributed by atoms with Crippen LogP contribution in [-0.4, -0.2) is 5.11 Å². The summed E-state index contributed by atoms with van der Waals surface area (Å²) in [5.74, 6) is 0.387. The lowest BCUT2D eigenvalue weighted by Gasteiger charge is -2.06. The maximum atomic E-state index is 9.78. The van der Waals surface area contributed by atoms with Crippen LogP contribution in [0.5, 0.6) is 5.75 Å². The largest absolute Gasteiger partial charge is 0.508 e. The lowest BCUT2D eigenvalue weighted by Crippen LogP contribution is -1.91. The van der Waals surface area contributed by atoms with Crippen LogP contribution in [0.15, 0.2) is 78.9 Å². The van der Waals surface area contributed by atoms with E-state index in [1.54, 1.807) is 6.07 Å². The molecule has 0 saturated heterocycles. The van der Waals surface area contributed by atoms with Crippen molar-refractivity contribution >= 4 is 0 Å². The van der Waals surface area contributed by atoms with Gasteiger partial charge in [-0.15, -0.1) is 0 Å². The Balaban J connectivity index is 1.69. The summed E-state index contributed by atoms with van der Waals surface area (Å²) >= 11 is 0. The Morgan fingerprint density at radius 1 is 0.571 bits per heavy atom. The minimum absolute atomic E-state index is 0.387. The van der Waals surface area contributed by atoms with Crippen LogP contribution < -0.4 is 0 Å². The van der Waals surface area contributed by atoms with Gasteiger partial charge in [-0.05, 0) is 41.2 Å². The molecule has 0 radical (unpaired) electrons. The normalized spacial score (nSPS) is 10.5. The van der Waals surface area contributed by atoms with Crippen molar-refractivity contribution in [1.29, 1.82) is 0 Å². The van der Waals surface area contributed by atoms with Gasteiger partial charge in [0.15, 0.2) is 0 Å². The SMILES string of the molecule is Oc1ccccc1CCc1ccc(-c2ccccc2)cc1. The molecule has 21 heavy (non-hydrogen) atoms. The minimum Gasteiger partial charge on any atom is -0.508 e. The highest BCUT2D eigenvalue weighted by atomic mass is 16.3. The van der Waals surface area contributed by atoms with Gasteiger partial charge >= 0.3 is 0 Å². The van der Waals surface area contributed by atoms with E-state index >= 15 is 0 Å². The number of rotatable bonds is 4. The maximum absolute atomic E-state index is 9.78. The van der Waals surface area contributed by atoms with Crippen molar-refractivity contribution in [3.05, 3.63) is 90.0 Å². The van der Waals surface area contributed by atoms with Crippen LogP contribution in [0.3, 0.4) is 0 Å². The molecular formula is C20H18O. The molecule has 1 N–H and O–H groups in total. The van der Waals surface area contributed by atoms with Crippen LogP contribution in [0.4, 0.5) is 0 Å². The topological polar surface area (TPSA) is 20.2 Å². The first-order valence-electron chi connectivity index (χ1n) is 7.24. The molecule has 3 rings (SSSR count). The lowest BCUT2D eigenvalue weighted by atomic mass is 10.00. The third kappa shape index (κ3) is 3.32. The highest BCUT2D eigenvalue weighted by molar-refractivity contribution is 5.63. The quantitative estimate of drug-likeness (QED) is 0.721. The van der Waals surface area contributed by atoms with E-state index in [1.165, 1.54) is 16.7 Å². The van der Waals surface area contributed by atoms with Crippen molar-refractivity contribution in [3.63, 3.8) is 0 Å². The van der Waals surface area contributed by atoms with Gasteiger partial charge in [0, 0.05) is 0 Å². The van der Waals surface area contributed by atoms with E-state index in [-0.39, 0.29) is 0 Å². The summed E-state index contributed by atoms with van der Waals surface area (Å²) in [6.07, 6.45) is 1.80. The molecular weight excluding hydrogens is 256 g/mol. The molecule has 1 nitrogen and oxygen atoms in total. The number of aromatic hydroxyl groups is 1. The summed E-state index contributed by atoms with van der Waals surface area (Å²) in [5.41, 5.74) is 4.77. The number of para-hydroxylation sites is 1. The van der Waals surface area contributed by atoms with Gasteiger partial charge in [0.25, 0.3) is 0 Å². The van der Waals surface area contributed by atoms with Crippen LogP contribution in [0.2, 0.25) is 0 Å². The van der Waals surface area contributed by atoms with Crippen LogP contribution >= 0.6 is 0 Å². The molecule has 0 heterocycles. The minimum atomic E-state index is 0.387. The molecule has 0 amide bonds. The van der Waals surface area contributed by atoms with E-state index in [9.17, 15) is 5.11 Å². The van der Waals surface area contributed by atoms with Crippen molar-refractivity contribution in [3.8, 4) is 16.9 Å². The highest BCUT2D eigenvalue weighted by Crippen LogP contribution is 2.21. The molecule has 3 aromatic rings. The third-order valence-corrected chi connectivity index (χ3v) is 3.74. The van der Waals surface area contributed by atoms with Crippen molar-refractivity contribution in [2.75, 3.05) is 0 Å². The van der Waals surface area contributed by atoms with E-state index in [0.717, 1.165) is 18.4 Å². The highest BCUT2D eigenvalue weighted by Gasteiger charge is 2.01. The van der Waals surface area contributed by atoms with Gasteiger partial charge in [0.2, 0.25) is 0 Å². The van der Waals surface area contributed by atoms with Crippen LogP contribution in [0, 0.1) is 0 Å². The predicted molar refractivity (Wildman–Crippen MR) is 87.4 cm³/mol. The molecule has 0 aliphatic rings. The average molecular weight is 274 g/mol. The number of hydrogen-bond donors (Lipinski definition) is 1. The summed E-state index contributed by atoms with van der Waals surface area (Å²) in [6, 6.07) is 26.6. The van der Waals surface area contributed by atoms with Crippen LogP contribution in [0.1, 0.15) is 11.1 Å². The Kier molecular flexibility index (Phi) is 4.02. The summed E-state index contributed by atoms with van der Waals surface area (Å²) in [7, 11) is 0. The molecule has 0 bridgehead atoms. The van der Waals surface area contributed by atoms with E-state index < -0.39 is 0 Å². The average Bonchev–Trinajstić information content (AvgIpc) is 2.55. The van der Waals surface area contributed by atoms with E-state index in [1.807, 2.05) is 24.3 Å². The fourth-order valence-electron chi connectivity index (χ4n) is 2.50. The summed E-state index contributed by atoms with van der Waals surface area (Å²) in [6.45, 7) is 0. The third-order valence-electron chi connectivity index (χ3n) is 3.74. The van der Waals surface area contributed by atoms with E-state index in [2.05, 4.69) is 48.5 Å². The Morgan fingerprint density at radius 2 is 1.19 bits per heavy atom. The first kappa shape index (κ1) is 13.4. The second kappa shape index (κ2) is 6.27. The van der Waals surface area contributed by atoms with Gasteiger partial charge < -0.3 is 5.11 Å². The maximum Gasteiger partial charge on any atom is 0.118 e. The monoisotopic (exact) mass is 274 g/mol. The number of aryl methyl sites for hydroxylation is 2. The van der Waals surface area contributed by atoms with Crippen LogP contribution in [-0.2, 0) is 12.8 Å². The zero-order valence-corrected chi connectivity index (χ0v) is 11.9. The molecule has 0 saturated carbocycles. The molecule has 0 atom stereocenters. The van der Waals surface area contributed by atoms with Crippen molar-refractivity contribution in [2.24, 2.45) is 0 Å². The summed E-state index contributed by atoms with van der Waals surface area (Å²) in [4.78, 5) is 0. The second-order valence-electron chi connectivity index (χ2n) is 5.19. The van der Waals surface area contributed by atoms with Gasteiger partial charge in [-0.2, -0.15) is 0 Å². The van der Waals surface area contributed by atoms with Crippen molar-refractivity contribution in [1.82, 2.24) is 0 Å². The van der Waals surface area contributed by atoms with Gasteiger partial charge in [0.1, 0.15) is 5.75 Å². The second-order valence-corrected chi connectivity index (χ2v) is 5.19. The van der Waals surface area contributed by atoms with Gasteiger partial charge in [-0.25, -0.2) is 0 Å². The van der Waals surface area contributed by atoms with Gasteiger partial charge in [-0.3, -0.25) is 0 Å². The Hall–Kier alpha value is -2.54. The van der Waals surface area contributed by atoms with Crippen molar-refractivity contribution in [2.45, 2.75) is 12.8 Å². The zero-order chi connectivity index (χ0) is 14.5. The Bertz CT molecular complexity index is 699. The van der Waals surface area contributed by atoms with E-state index in [0.29, 0.717) is 5.75 Å². The van der Waals surface area contributed by atoms with Gasteiger partial charge in [0.05, 0.1) is 0 Å². The fraction of sp³-hybridized carbons (Fsp3) is 0.100. The first-order chi connectivity index (χ1) is 10.3. The molecule has 0 aliphatic heterocycles. The summed E-state index contributed by atoms with van der Waals surface area (Å²) in [5, 5.41) is 9.78. The Labute approximate surface area is 125 Å². The molecule has 0 aromatic heterocycles. The van der Waals surface area contributed by atoms with E-state index in [4.69, 9.17) is 0 Å². The zero-order valence-electron chi connectivity index (χ0n) is 11.9. The molecule has 0 spiro atoms. The lowest BCUT2D eigenvalue weighted by molar-refractivity contribution is 0.468. The molecule has 0 aliphatic carbocycles. The molecule has 1 heteroatoms. The summed E-state index contributed by atoms with van der Waals surface area (Å²) < 4.78 is 0. The molecule has 104 valence electrons. The molecule has 3 aromatic carbocycles. The first-order valence-corrected chi connectivity index (χ1v) is 7.24. The standard InChI is InChI=1S/C20H18O/c21-20-9-5-4-8-19(20)15-12-16-10-13-18(14-11-16)17-6-2-1-3-7-17/h1-11,13-14,21H,12,15H2. The Morgan fingerprint density at radius 3 is 1.90 bits per heavy atom. The molecule has 0 unspecified atom stereocenters. The number of phenols is 1. The van der Waals surface area contributed by atoms with Gasteiger partial charge in [-0.1, -0.05) is 72.8 Å². The smallest absolute Gasteiger partial charge is 0.118 e. The number of phenolic OH excluding ortho intramolecular Hbond substituents is 1. The number of benzene rings is 3. The van der Waals surface area contributed by atoms with Crippen LogP contribution in [0.25, 0.3) is 11.1 Å². The fourth-order valence-corrected chi connectivity index (χ4v) is 2.50. The van der Waals surface area contributed by atoms with Crippen molar-refractivity contribution < 1.29 is 5.11 Å². The number of hydrogen-bond acceptors (Lipinski definition) is 1. The predicted octanol–water partition coefficient (Wildman–Crippen LogP) is 4.84.